The van der Waals surface area contributed by atoms with Gasteiger partial charge in [-0.25, -0.2) is 0 Å². The first-order valence-corrected chi connectivity index (χ1v) is 6.34. The molecule has 19 heavy (non-hydrogen) atoms. The van der Waals surface area contributed by atoms with Crippen molar-refractivity contribution in [1.29, 1.82) is 0 Å². The third-order valence-electron chi connectivity index (χ3n) is 3.59. The van der Waals surface area contributed by atoms with Gasteiger partial charge in [0, 0.05) is 24.3 Å². The minimum atomic E-state index is -4.37. The first kappa shape index (κ1) is 13.8. The van der Waals surface area contributed by atoms with Gasteiger partial charge in [0.15, 0.2) is 0 Å². The van der Waals surface area contributed by atoms with Gasteiger partial charge in [0.05, 0.1) is 5.56 Å². The smallest absolute Gasteiger partial charge is 0.371 e. The molecule has 0 amide bonds. The maximum atomic E-state index is 13.1. The van der Waals surface area contributed by atoms with E-state index in [9.17, 15) is 13.2 Å². The second-order valence-corrected chi connectivity index (χ2v) is 5.04. The van der Waals surface area contributed by atoms with E-state index in [2.05, 4.69) is 12.8 Å². The molecule has 0 N–H and O–H groups in total. The van der Waals surface area contributed by atoms with Crippen LogP contribution in [0.5, 0.6) is 0 Å². The molecule has 0 bridgehead atoms. The monoisotopic (exact) mass is 267 g/mol. The fourth-order valence-corrected chi connectivity index (χ4v) is 2.38. The molecule has 0 unspecified atom stereocenters. The molecule has 0 radical (unpaired) electrons. The summed E-state index contributed by atoms with van der Waals surface area (Å²) in [5, 5.41) is 0. The number of hydrogen-bond acceptors (Lipinski definition) is 1. The van der Waals surface area contributed by atoms with E-state index >= 15 is 0 Å². The number of hydrogen-bond donors (Lipinski definition) is 0. The zero-order valence-electron chi connectivity index (χ0n) is 10.8. The highest BCUT2D eigenvalue weighted by atomic mass is 19.4. The Hall–Kier alpha value is -1.63. The van der Waals surface area contributed by atoms with Gasteiger partial charge in [-0.3, -0.25) is 0 Å². The number of benzene rings is 1. The molecular formula is C15H16F3N. The van der Waals surface area contributed by atoms with Crippen LogP contribution >= 0.6 is 0 Å². The van der Waals surface area contributed by atoms with Gasteiger partial charge in [0.25, 0.3) is 0 Å². The van der Waals surface area contributed by atoms with E-state index in [1.165, 1.54) is 6.07 Å². The molecule has 0 atom stereocenters. The van der Waals surface area contributed by atoms with Crippen molar-refractivity contribution < 1.29 is 13.2 Å². The molecule has 0 saturated carbocycles. The molecule has 4 heteroatoms. The van der Waals surface area contributed by atoms with Gasteiger partial charge >= 0.3 is 6.18 Å². The topological polar surface area (TPSA) is 3.24 Å². The summed E-state index contributed by atoms with van der Waals surface area (Å²) in [6, 6.07) is 4.13. The van der Waals surface area contributed by atoms with Crippen LogP contribution in [-0.4, -0.2) is 13.1 Å². The number of terminal acetylenes is 1. The molecule has 0 aliphatic carbocycles. The quantitative estimate of drug-likeness (QED) is 0.697. The molecule has 1 nitrogen and oxygen atoms in total. The molecule has 1 saturated heterocycles. The van der Waals surface area contributed by atoms with Crippen LogP contribution < -0.4 is 4.90 Å². The number of alkyl halides is 3. The van der Waals surface area contributed by atoms with Crippen LogP contribution in [0.25, 0.3) is 0 Å². The molecule has 1 fully saturated rings. The predicted molar refractivity (Wildman–Crippen MR) is 70.0 cm³/mol. The largest absolute Gasteiger partial charge is 0.418 e. The summed E-state index contributed by atoms with van der Waals surface area (Å²) >= 11 is 0. The Morgan fingerprint density at radius 1 is 1.26 bits per heavy atom. The highest BCUT2D eigenvalue weighted by Crippen LogP contribution is 2.38. The molecule has 1 aromatic rings. The van der Waals surface area contributed by atoms with Crippen molar-refractivity contribution in [2.24, 2.45) is 5.92 Å². The summed E-state index contributed by atoms with van der Waals surface area (Å²) in [5.74, 6) is 2.84. The summed E-state index contributed by atoms with van der Waals surface area (Å²) in [6.45, 7) is 3.46. The minimum Gasteiger partial charge on any atom is -0.371 e. The SMILES string of the molecule is C#Cc1ccc(N2CCC(C)CC2)c(C(F)(F)F)c1. The molecule has 0 spiro atoms. The molecule has 1 aromatic carbocycles. The molecular weight excluding hydrogens is 251 g/mol. The fourth-order valence-electron chi connectivity index (χ4n) is 2.38. The third-order valence-corrected chi connectivity index (χ3v) is 3.59. The van der Waals surface area contributed by atoms with Crippen molar-refractivity contribution in [3.05, 3.63) is 29.3 Å². The van der Waals surface area contributed by atoms with Gasteiger partial charge in [0.2, 0.25) is 0 Å². The molecule has 1 heterocycles. The second-order valence-electron chi connectivity index (χ2n) is 5.04. The Kier molecular flexibility index (Phi) is 3.75. The second kappa shape index (κ2) is 5.16. The summed E-state index contributed by atoms with van der Waals surface area (Å²) in [5.41, 5.74) is -0.114. The van der Waals surface area contributed by atoms with Crippen LogP contribution in [0.2, 0.25) is 0 Å². The number of anilines is 1. The normalized spacial score (nSPS) is 17.3. The van der Waals surface area contributed by atoms with Gasteiger partial charge in [-0.2, -0.15) is 13.2 Å². The Morgan fingerprint density at radius 2 is 1.89 bits per heavy atom. The van der Waals surface area contributed by atoms with Gasteiger partial charge in [-0.05, 0) is 37.0 Å². The zero-order valence-corrected chi connectivity index (χ0v) is 10.8. The first-order chi connectivity index (χ1) is 8.91. The van der Waals surface area contributed by atoms with Crippen LogP contribution in [0.1, 0.15) is 30.9 Å². The van der Waals surface area contributed by atoms with E-state index in [4.69, 9.17) is 6.42 Å². The lowest BCUT2D eigenvalue weighted by Gasteiger charge is -2.33. The standard InChI is InChI=1S/C15H16F3N/c1-3-12-4-5-14(13(10-12)15(16,17)18)19-8-6-11(2)7-9-19/h1,4-5,10-11H,6-9H2,2H3. The van der Waals surface area contributed by atoms with E-state index in [1.54, 1.807) is 6.07 Å². The number of piperidine rings is 1. The van der Waals surface area contributed by atoms with Crippen LogP contribution in [0.4, 0.5) is 18.9 Å². The van der Waals surface area contributed by atoms with E-state index in [-0.39, 0.29) is 11.3 Å². The fraction of sp³-hybridized carbons (Fsp3) is 0.467. The lowest BCUT2D eigenvalue weighted by Crippen LogP contribution is -2.34. The number of nitrogens with zero attached hydrogens (tertiary/aromatic N) is 1. The van der Waals surface area contributed by atoms with Crippen molar-refractivity contribution >= 4 is 5.69 Å². The number of halogens is 3. The minimum absolute atomic E-state index is 0.249. The highest BCUT2D eigenvalue weighted by molar-refractivity contribution is 5.58. The number of rotatable bonds is 1. The van der Waals surface area contributed by atoms with Crippen LogP contribution in [0.3, 0.4) is 0 Å². The molecule has 0 aromatic heterocycles. The Balaban J connectivity index is 2.37. The van der Waals surface area contributed by atoms with Crippen LogP contribution in [-0.2, 0) is 6.18 Å². The molecule has 1 aliphatic heterocycles. The molecule has 2 rings (SSSR count). The van der Waals surface area contributed by atoms with E-state index in [1.807, 2.05) is 4.90 Å². The Morgan fingerprint density at radius 3 is 2.42 bits per heavy atom. The third kappa shape index (κ3) is 3.04. The van der Waals surface area contributed by atoms with Crippen LogP contribution in [0, 0.1) is 18.3 Å². The van der Waals surface area contributed by atoms with Crippen molar-refractivity contribution in [3.8, 4) is 12.3 Å². The van der Waals surface area contributed by atoms with E-state index < -0.39 is 11.7 Å². The van der Waals surface area contributed by atoms with Crippen molar-refractivity contribution in [1.82, 2.24) is 0 Å². The first-order valence-electron chi connectivity index (χ1n) is 6.34. The molecule has 102 valence electrons. The summed E-state index contributed by atoms with van der Waals surface area (Å²) in [7, 11) is 0. The van der Waals surface area contributed by atoms with Gasteiger partial charge in [0.1, 0.15) is 0 Å². The van der Waals surface area contributed by atoms with Gasteiger partial charge in [-0.1, -0.05) is 12.8 Å². The summed E-state index contributed by atoms with van der Waals surface area (Å²) in [6.07, 6.45) is 2.66. The summed E-state index contributed by atoms with van der Waals surface area (Å²) in [4.78, 5) is 1.81. The predicted octanol–water partition coefficient (Wildman–Crippen LogP) is 3.92. The van der Waals surface area contributed by atoms with E-state index in [0.29, 0.717) is 19.0 Å². The van der Waals surface area contributed by atoms with Crippen molar-refractivity contribution in [2.75, 3.05) is 18.0 Å². The maximum Gasteiger partial charge on any atom is 0.418 e. The summed E-state index contributed by atoms with van der Waals surface area (Å²) < 4.78 is 39.3. The lowest BCUT2D eigenvalue weighted by atomic mass is 9.97. The highest BCUT2D eigenvalue weighted by Gasteiger charge is 2.35. The van der Waals surface area contributed by atoms with Crippen molar-refractivity contribution in [3.63, 3.8) is 0 Å². The maximum absolute atomic E-state index is 13.1. The van der Waals surface area contributed by atoms with E-state index in [0.717, 1.165) is 18.9 Å². The Bertz CT molecular complexity index is 491. The zero-order chi connectivity index (χ0) is 14.0. The van der Waals surface area contributed by atoms with Crippen molar-refractivity contribution in [2.45, 2.75) is 25.9 Å². The molecule has 1 aliphatic rings. The van der Waals surface area contributed by atoms with Gasteiger partial charge in [-0.15, -0.1) is 6.42 Å². The van der Waals surface area contributed by atoms with Crippen LogP contribution in [0.15, 0.2) is 18.2 Å². The lowest BCUT2D eigenvalue weighted by molar-refractivity contribution is -0.137. The average Bonchev–Trinajstić information content (AvgIpc) is 2.38. The average molecular weight is 267 g/mol. The Labute approximate surface area is 111 Å². The van der Waals surface area contributed by atoms with Gasteiger partial charge < -0.3 is 4.90 Å².